The highest BCUT2D eigenvalue weighted by atomic mass is 19.1. The fourth-order valence-electron chi connectivity index (χ4n) is 4.15. The van der Waals surface area contributed by atoms with Crippen molar-refractivity contribution in [3.63, 3.8) is 0 Å². The molecule has 1 unspecified atom stereocenters. The second kappa shape index (κ2) is 10.7. The molecule has 0 saturated carbocycles. The highest BCUT2D eigenvalue weighted by Gasteiger charge is 2.37. The number of aryl methyl sites for hydroxylation is 1. The lowest BCUT2D eigenvalue weighted by Crippen LogP contribution is -2.44. The summed E-state index contributed by atoms with van der Waals surface area (Å²) in [6.07, 6.45) is 1.54. The summed E-state index contributed by atoms with van der Waals surface area (Å²) >= 11 is 0. The van der Waals surface area contributed by atoms with E-state index in [1.54, 1.807) is 25.6 Å². The first-order valence-corrected chi connectivity index (χ1v) is 11.6. The molecular formula is C26H29FN6O3. The van der Waals surface area contributed by atoms with Crippen molar-refractivity contribution >= 4 is 35.4 Å². The summed E-state index contributed by atoms with van der Waals surface area (Å²) in [5.74, 6) is -0.730. The molecule has 2 aliphatic rings. The minimum absolute atomic E-state index is 0.0817. The first-order valence-electron chi connectivity index (χ1n) is 11.6. The largest absolute Gasteiger partial charge is 0.383 e. The molecule has 0 bridgehead atoms. The van der Waals surface area contributed by atoms with Crippen LogP contribution in [0.15, 0.2) is 63.7 Å². The number of aliphatic imine (C=N–C) groups is 2. The van der Waals surface area contributed by atoms with E-state index in [9.17, 15) is 14.0 Å². The number of amidine groups is 1. The number of nitrogens with zero attached hydrogens (tertiary/aromatic N) is 3. The highest BCUT2D eigenvalue weighted by Crippen LogP contribution is 2.32. The highest BCUT2D eigenvalue weighted by molar-refractivity contribution is 6.07. The Morgan fingerprint density at radius 2 is 2.00 bits per heavy atom. The molecule has 2 aromatic rings. The second-order valence-electron chi connectivity index (χ2n) is 8.84. The van der Waals surface area contributed by atoms with Crippen molar-refractivity contribution in [3.05, 3.63) is 70.7 Å². The maximum Gasteiger partial charge on any atom is 0.255 e. The molecule has 0 saturated heterocycles. The molecule has 10 heteroatoms. The number of rotatable bonds is 7. The average Bonchev–Trinajstić information content (AvgIpc) is 3.19. The van der Waals surface area contributed by atoms with E-state index in [-0.39, 0.29) is 23.8 Å². The van der Waals surface area contributed by atoms with Crippen molar-refractivity contribution in [2.24, 2.45) is 15.9 Å². The minimum Gasteiger partial charge on any atom is -0.383 e. The Balaban J connectivity index is 1.58. The third-order valence-electron chi connectivity index (χ3n) is 6.07. The van der Waals surface area contributed by atoms with Crippen LogP contribution in [0.5, 0.6) is 0 Å². The average molecular weight is 493 g/mol. The van der Waals surface area contributed by atoms with Crippen molar-refractivity contribution in [3.8, 4) is 0 Å². The van der Waals surface area contributed by atoms with Gasteiger partial charge in [0.25, 0.3) is 5.91 Å². The van der Waals surface area contributed by atoms with E-state index in [1.165, 1.54) is 24.3 Å². The Bertz CT molecular complexity index is 1250. The van der Waals surface area contributed by atoms with Crippen LogP contribution in [0.3, 0.4) is 0 Å². The molecule has 36 heavy (non-hydrogen) atoms. The molecule has 9 nitrogen and oxygen atoms in total. The maximum atomic E-state index is 13.2. The lowest BCUT2D eigenvalue weighted by Gasteiger charge is -2.25. The fraction of sp³-hybridized carbons (Fsp3) is 0.308. The van der Waals surface area contributed by atoms with Crippen molar-refractivity contribution in [2.45, 2.75) is 26.8 Å². The lowest BCUT2D eigenvalue weighted by atomic mass is 10.0. The predicted molar refractivity (Wildman–Crippen MR) is 137 cm³/mol. The molecule has 4 rings (SSSR count). The topological polar surface area (TPSA) is 107 Å². The van der Waals surface area contributed by atoms with Crippen LogP contribution in [0.1, 0.15) is 29.8 Å². The molecule has 0 fully saturated rings. The van der Waals surface area contributed by atoms with Gasteiger partial charge in [-0.25, -0.2) is 14.4 Å². The summed E-state index contributed by atoms with van der Waals surface area (Å²) in [5, 5.41) is 7.67. The predicted octanol–water partition coefficient (Wildman–Crippen LogP) is 3.32. The van der Waals surface area contributed by atoms with Gasteiger partial charge in [-0.3, -0.25) is 20.0 Å². The van der Waals surface area contributed by atoms with E-state index in [0.717, 1.165) is 16.8 Å². The first kappa shape index (κ1) is 25.1. The van der Waals surface area contributed by atoms with Gasteiger partial charge < -0.3 is 15.4 Å². The summed E-state index contributed by atoms with van der Waals surface area (Å²) in [7, 11) is 1.60. The van der Waals surface area contributed by atoms with Gasteiger partial charge in [0.05, 0.1) is 24.8 Å². The number of benzene rings is 2. The summed E-state index contributed by atoms with van der Waals surface area (Å²) in [5.41, 5.74) is 7.10. The van der Waals surface area contributed by atoms with Gasteiger partial charge in [-0.2, -0.15) is 0 Å². The quantitative estimate of drug-likeness (QED) is 0.550. The molecule has 2 aromatic carbocycles. The van der Waals surface area contributed by atoms with Crippen LogP contribution in [0, 0.1) is 18.7 Å². The molecule has 0 aromatic heterocycles. The number of amides is 2. The van der Waals surface area contributed by atoms with E-state index >= 15 is 0 Å². The van der Waals surface area contributed by atoms with Gasteiger partial charge in [0.15, 0.2) is 5.84 Å². The van der Waals surface area contributed by atoms with Gasteiger partial charge in [0, 0.05) is 24.4 Å². The van der Waals surface area contributed by atoms with Gasteiger partial charge in [-0.1, -0.05) is 6.07 Å². The molecular weight excluding hydrogens is 463 g/mol. The first-order chi connectivity index (χ1) is 17.3. The van der Waals surface area contributed by atoms with E-state index in [4.69, 9.17) is 9.73 Å². The number of nitrogens with one attached hydrogen (secondary N) is 3. The molecule has 188 valence electrons. The Kier molecular flexibility index (Phi) is 7.44. The number of hydrogen-bond donors (Lipinski definition) is 3. The van der Waals surface area contributed by atoms with Crippen LogP contribution < -0.4 is 16.1 Å². The molecule has 2 atom stereocenters. The molecule has 3 N–H and O–H groups in total. The van der Waals surface area contributed by atoms with Gasteiger partial charge >= 0.3 is 0 Å². The maximum absolute atomic E-state index is 13.2. The summed E-state index contributed by atoms with van der Waals surface area (Å²) in [6.45, 7) is 6.59. The summed E-state index contributed by atoms with van der Waals surface area (Å²) in [6, 6.07) is 10.6. The smallest absolute Gasteiger partial charge is 0.255 e. The zero-order valence-corrected chi connectivity index (χ0v) is 20.6. The molecule has 0 aliphatic carbocycles. The Morgan fingerprint density at radius 3 is 2.72 bits per heavy atom. The van der Waals surface area contributed by atoms with E-state index < -0.39 is 5.82 Å². The number of carbonyl (C=O) groups excluding carboxylic acids is 2. The van der Waals surface area contributed by atoms with Crippen LogP contribution in [-0.2, 0) is 9.53 Å². The third kappa shape index (κ3) is 5.44. The van der Waals surface area contributed by atoms with Gasteiger partial charge in [-0.05, 0) is 68.3 Å². The molecule has 0 spiro atoms. The van der Waals surface area contributed by atoms with Gasteiger partial charge in [-0.15, -0.1) is 0 Å². The van der Waals surface area contributed by atoms with Crippen LogP contribution in [0.25, 0.3) is 0 Å². The number of fused-ring (bicyclic) bond motifs is 1. The van der Waals surface area contributed by atoms with Gasteiger partial charge in [0.2, 0.25) is 5.91 Å². The zero-order valence-electron chi connectivity index (χ0n) is 20.6. The molecule has 2 heterocycles. The zero-order chi connectivity index (χ0) is 25.8. The third-order valence-corrected chi connectivity index (χ3v) is 6.07. The summed E-state index contributed by atoms with van der Waals surface area (Å²) < 4.78 is 18.3. The Hall–Kier alpha value is -4.05. The monoisotopic (exact) mass is 492 g/mol. The number of hydrogen-bond acceptors (Lipinski definition) is 6. The van der Waals surface area contributed by atoms with E-state index in [0.29, 0.717) is 35.9 Å². The normalized spacial score (nSPS) is 18.6. The standard InChI is InChI=1S/C26H29FN6O3/c1-15-5-10-20(31-25(34)18-6-8-19(27)9-7-18)11-22(15)32-24-23-17(3)21(12-33(23)29-14-28-24)26(35)30-16(2)13-36-4/h5-11,14,16,21H,12-13H2,1-4H3,(H,30,35)(H,31,34)(H,28,29,32)/t16-,21?/m0/s1. The summed E-state index contributed by atoms with van der Waals surface area (Å²) in [4.78, 5) is 34.7. The SMILES string of the molecule is COC[C@H](C)NC(=O)C1CN2NC=NC(=Nc3cc(NC(=O)c4ccc(F)cc4)ccc3C)C2=C1C. The van der Waals surface area contributed by atoms with Crippen molar-refractivity contribution < 1.29 is 18.7 Å². The van der Waals surface area contributed by atoms with Crippen LogP contribution in [-0.4, -0.2) is 55.3 Å². The Morgan fingerprint density at radius 1 is 1.25 bits per heavy atom. The number of hydrazine groups is 1. The number of halogens is 1. The number of carbonyl (C=O) groups is 2. The lowest BCUT2D eigenvalue weighted by molar-refractivity contribution is -0.124. The van der Waals surface area contributed by atoms with Crippen LogP contribution >= 0.6 is 0 Å². The number of methoxy groups -OCH3 is 1. The fourth-order valence-corrected chi connectivity index (χ4v) is 4.15. The van der Waals surface area contributed by atoms with Crippen molar-refractivity contribution in [1.82, 2.24) is 15.8 Å². The second-order valence-corrected chi connectivity index (χ2v) is 8.84. The molecule has 2 amide bonds. The number of anilines is 1. The molecule has 0 radical (unpaired) electrons. The van der Waals surface area contributed by atoms with Gasteiger partial charge in [0.1, 0.15) is 17.9 Å². The van der Waals surface area contributed by atoms with Crippen molar-refractivity contribution in [2.75, 3.05) is 25.6 Å². The van der Waals surface area contributed by atoms with E-state index in [1.807, 2.05) is 31.8 Å². The number of ether oxygens (including phenoxy) is 1. The van der Waals surface area contributed by atoms with Crippen LogP contribution in [0.2, 0.25) is 0 Å². The molecule has 2 aliphatic heterocycles. The van der Waals surface area contributed by atoms with E-state index in [2.05, 4.69) is 21.1 Å². The Labute approximate surface area is 209 Å². The minimum atomic E-state index is -0.405. The van der Waals surface area contributed by atoms with Crippen LogP contribution in [0.4, 0.5) is 15.8 Å². The van der Waals surface area contributed by atoms with Crippen molar-refractivity contribution in [1.29, 1.82) is 0 Å².